The number of benzene rings is 1. The quantitative estimate of drug-likeness (QED) is 0.763. The molecule has 0 unspecified atom stereocenters. The Morgan fingerprint density at radius 2 is 2.07 bits per heavy atom. The van der Waals surface area contributed by atoms with Gasteiger partial charge in [0.15, 0.2) is 0 Å². The molecule has 2 rings (SSSR count). The number of aromatic carboxylic acids is 1. The number of para-hydroxylation sites is 1. The van der Waals surface area contributed by atoms with Crippen molar-refractivity contribution < 1.29 is 9.90 Å². The van der Waals surface area contributed by atoms with Gasteiger partial charge in [-0.05, 0) is 17.5 Å². The smallest absolute Gasteiger partial charge is 0.337 e. The summed E-state index contributed by atoms with van der Waals surface area (Å²) in [6.45, 7) is 0. The van der Waals surface area contributed by atoms with Crippen LogP contribution in [-0.2, 0) is 0 Å². The molecule has 0 aliphatic heterocycles. The first kappa shape index (κ1) is 9.73. The molecule has 0 saturated carbocycles. The number of hydrogen-bond donors (Lipinski definition) is 2. The monoisotopic (exact) mass is 219 g/mol. The van der Waals surface area contributed by atoms with Gasteiger partial charge in [0, 0.05) is 10.4 Å². The fourth-order valence-corrected chi connectivity index (χ4v) is 2.16. The second-order valence-electron chi connectivity index (χ2n) is 3.05. The Balaban J connectivity index is 2.59. The number of hydrogen-bond acceptors (Lipinski definition) is 3. The first-order chi connectivity index (χ1) is 7.20. The number of rotatable bonds is 2. The van der Waals surface area contributed by atoms with Crippen molar-refractivity contribution in [2.24, 2.45) is 0 Å². The highest BCUT2D eigenvalue weighted by molar-refractivity contribution is 7.13. The zero-order valence-corrected chi connectivity index (χ0v) is 8.62. The molecule has 0 amide bonds. The molecule has 0 spiro atoms. The first-order valence-electron chi connectivity index (χ1n) is 4.36. The largest absolute Gasteiger partial charge is 0.478 e. The van der Waals surface area contributed by atoms with Crippen molar-refractivity contribution in [1.29, 1.82) is 0 Å². The van der Waals surface area contributed by atoms with Crippen molar-refractivity contribution in [3.63, 3.8) is 0 Å². The van der Waals surface area contributed by atoms with Crippen molar-refractivity contribution in [2.45, 2.75) is 0 Å². The average Bonchev–Trinajstić information content (AvgIpc) is 2.70. The van der Waals surface area contributed by atoms with Crippen LogP contribution in [-0.4, -0.2) is 11.1 Å². The van der Waals surface area contributed by atoms with E-state index in [-0.39, 0.29) is 5.56 Å². The molecule has 1 heterocycles. The third kappa shape index (κ3) is 1.71. The van der Waals surface area contributed by atoms with Crippen molar-refractivity contribution in [2.75, 3.05) is 5.73 Å². The Labute approximate surface area is 90.8 Å². The summed E-state index contributed by atoms with van der Waals surface area (Å²) in [6, 6.07) is 8.87. The standard InChI is InChI=1S/C11H9NO2S/c12-10-7(9-5-2-6-15-9)3-1-4-8(10)11(13)14/h1-6H,12H2,(H,13,14). The lowest BCUT2D eigenvalue weighted by molar-refractivity contribution is 0.0698. The van der Waals surface area contributed by atoms with E-state index in [2.05, 4.69) is 0 Å². The van der Waals surface area contributed by atoms with Gasteiger partial charge in [0.1, 0.15) is 0 Å². The highest BCUT2D eigenvalue weighted by Gasteiger charge is 2.12. The van der Waals surface area contributed by atoms with Gasteiger partial charge in [0.2, 0.25) is 0 Å². The number of anilines is 1. The topological polar surface area (TPSA) is 63.3 Å². The highest BCUT2D eigenvalue weighted by Crippen LogP contribution is 2.31. The van der Waals surface area contributed by atoms with E-state index >= 15 is 0 Å². The van der Waals surface area contributed by atoms with E-state index in [9.17, 15) is 4.79 Å². The van der Waals surface area contributed by atoms with Crippen LogP contribution in [0.25, 0.3) is 10.4 Å². The molecule has 3 N–H and O–H groups in total. The van der Waals surface area contributed by atoms with E-state index in [0.29, 0.717) is 5.69 Å². The lowest BCUT2D eigenvalue weighted by Gasteiger charge is -2.05. The molecule has 0 fully saturated rings. The molecule has 4 heteroatoms. The SMILES string of the molecule is Nc1c(C(=O)O)cccc1-c1cccs1. The molecular weight excluding hydrogens is 210 g/mol. The molecule has 1 aromatic carbocycles. The third-order valence-corrected chi connectivity index (χ3v) is 3.03. The second kappa shape index (κ2) is 3.74. The zero-order chi connectivity index (χ0) is 10.8. The van der Waals surface area contributed by atoms with E-state index < -0.39 is 5.97 Å². The molecule has 0 saturated heterocycles. The summed E-state index contributed by atoms with van der Waals surface area (Å²) in [5.74, 6) is -0.995. The number of carboxylic acid groups (broad SMARTS) is 1. The summed E-state index contributed by atoms with van der Waals surface area (Å²) >= 11 is 1.54. The fourth-order valence-electron chi connectivity index (χ4n) is 1.40. The average molecular weight is 219 g/mol. The fraction of sp³-hybridized carbons (Fsp3) is 0. The number of carbonyl (C=O) groups is 1. The Morgan fingerprint density at radius 3 is 2.67 bits per heavy atom. The van der Waals surface area contributed by atoms with Gasteiger partial charge < -0.3 is 10.8 Å². The van der Waals surface area contributed by atoms with E-state index in [1.54, 1.807) is 6.07 Å². The van der Waals surface area contributed by atoms with Gasteiger partial charge in [0.05, 0.1) is 11.3 Å². The number of thiophene rings is 1. The van der Waals surface area contributed by atoms with Gasteiger partial charge in [-0.15, -0.1) is 11.3 Å². The molecule has 2 aromatic rings. The van der Waals surface area contributed by atoms with Crippen molar-refractivity contribution >= 4 is 23.0 Å². The van der Waals surface area contributed by atoms with E-state index in [0.717, 1.165) is 10.4 Å². The Bertz CT molecular complexity index is 491. The van der Waals surface area contributed by atoms with Crippen LogP contribution < -0.4 is 5.73 Å². The van der Waals surface area contributed by atoms with E-state index in [4.69, 9.17) is 10.8 Å². The summed E-state index contributed by atoms with van der Waals surface area (Å²) in [7, 11) is 0. The maximum Gasteiger partial charge on any atom is 0.337 e. The van der Waals surface area contributed by atoms with Gasteiger partial charge >= 0.3 is 5.97 Å². The van der Waals surface area contributed by atoms with Crippen LogP contribution in [0.4, 0.5) is 5.69 Å². The van der Waals surface area contributed by atoms with Crippen molar-refractivity contribution in [3.05, 3.63) is 41.3 Å². The van der Waals surface area contributed by atoms with E-state index in [1.807, 2.05) is 23.6 Å². The van der Waals surface area contributed by atoms with Crippen molar-refractivity contribution in [1.82, 2.24) is 0 Å². The van der Waals surface area contributed by atoms with Crippen LogP contribution in [0, 0.1) is 0 Å². The Hall–Kier alpha value is -1.81. The summed E-state index contributed by atoms with van der Waals surface area (Å²) in [5, 5.41) is 10.8. The number of nitrogens with two attached hydrogens (primary N) is 1. The minimum atomic E-state index is -0.995. The predicted octanol–water partition coefficient (Wildman–Crippen LogP) is 2.70. The Kier molecular flexibility index (Phi) is 2.43. The van der Waals surface area contributed by atoms with Crippen LogP contribution in [0.15, 0.2) is 35.7 Å². The van der Waals surface area contributed by atoms with Gasteiger partial charge in [-0.3, -0.25) is 0 Å². The maximum absolute atomic E-state index is 10.9. The number of carboxylic acids is 1. The summed E-state index contributed by atoms with van der Waals surface area (Å²) in [6.07, 6.45) is 0. The molecule has 3 nitrogen and oxygen atoms in total. The van der Waals surface area contributed by atoms with Crippen LogP contribution in [0.3, 0.4) is 0 Å². The van der Waals surface area contributed by atoms with Gasteiger partial charge in [-0.1, -0.05) is 18.2 Å². The molecule has 0 aliphatic carbocycles. The normalized spacial score (nSPS) is 10.1. The Morgan fingerprint density at radius 1 is 1.27 bits per heavy atom. The van der Waals surface area contributed by atoms with Crippen molar-refractivity contribution in [3.8, 4) is 10.4 Å². The van der Waals surface area contributed by atoms with Gasteiger partial charge in [-0.25, -0.2) is 4.79 Å². The lowest BCUT2D eigenvalue weighted by Crippen LogP contribution is -2.03. The van der Waals surface area contributed by atoms with E-state index in [1.165, 1.54) is 17.4 Å². The van der Waals surface area contributed by atoms with Crippen LogP contribution in [0.1, 0.15) is 10.4 Å². The lowest BCUT2D eigenvalue weighted by atomic mass is 10.1. The van der Waals surface area contributed by atoms with Gasteiger partial charge in [-0.2, -0.15) is 0 Å². The summed E-state index contributed by atoms with van der Waals surface area (Å²) in [4.78, 5) is 11.8. The molecule has 15 heavy (non-hydrogen) atoms. The maximum atomic E-state index is 10.9. The zero-order valence-electron chi connectivity index (χ0n) is 7.81. The summed E-state index contributed by atoms with van der Waals surface area (Å²) < 4.78 is 0. The first-order valence-corrected chi connectivity index (χ1v) is 5.24. The molecule has 0 bridgehead atoms. The van der Waals surface area contributed by atoms with Gasteiger partial charge in [0.25, 0.3) is 0 Å². The second-order valence-corrected chi connectivity index (χ2v) is 4.00. The highest BCUT2D eigenvalue weighted by atomic mass is 32.1. The summed E-state index contributed by atoms with van der Waals surface area (Å²) in [5.41, 5.74) is 7.06. The molecule has 1 aromatic heterocycles. The number of nitrogen functional groups attached to an aromatic ring is 1. The minimum absolute atomic E-state index is 0.154. The molecule has 0 radical (unpaired) electrons. The minimum Gasteiger partial charge on any atom is -0.478 e. The molecule has 0 aliphatic rings. The van der Waals surface area contributed by atoms with Crippen LogP contribution in [0.5, 0.6) is 0 Å². The molecule has 0 atom stereocenters. The van der Waals surface area contributed by atoms with Crippen LogP contribution in [0.2, 0.25) is 0 Å². The van der Waals surface area contributed by atoms with Crippen LogP contribution >= 0.6 is 11.3 Å². The predicted molar refractivity (Wildman–Crippen MR) is 61.1 cm³/mol. The third-order valence-electron chi connectivity index (χ3n) is 2.12. The molecule has 76 valence electrons. The molecular formula is C11H9NO2S.